The molecule has 0 saturated carbocycles. The fourth-order valence-corrected chi connectivity index (χ4v) is 7.55. The van der Waals surface area contributed by atoms with E-state index in [2.05, 4.69) is 83.3 Å². The number of hydrogen-bond acceptors (Lipinski definition) is 1. The topological polar surface area (TPSA) is 9.23 Å². The van der Waals surface area contributed by atoms with Gasteiger partial charge in [-0.3, -0.25) is 0 Å². The van der Waals surface area contributed by atoms with Gasteiger partial charge in [-0.1, -0.05) is 100 Å². The highest BCUT2D eigenvalue weighted by atomic mass is 28.3. The van der Waals surface area contributed by atoms with Crippen LogP contribution in [-0.4, -0.2) is 8.07 Å². The number of ether oxygens (including phenoxy) is 1. The average molecular weight is 413 g/mol. The Morgan fingerprint density at radius 3 is 2.30 bits per heavy atom. The third-order valence-corrected chi connectivity index (χ3v) is 9.67. The summed E-state index contributed by atoms with van der Waals surface area (Å²) in [7, 11) is -2.03. The molecule has 0 heterocycles. The predicted molar refractivity (Wildman–Crippen MR) is 132 cm³/mol. The first kappa shape index (κ1) is 20.7. The highest BCUT2D eigenvalue weighted by Crippen LogP contribution is 2.35. The van der Waals surface area contributed by atoms with Gasteiger partial charge in [0.25, 0.3) is 0 Å². The van der Waals surface area contributed by atoms with E-state index in [0.717, 1.165) is 17.9 Å². The molecule has 0 aliphatic heterocycles. The van der Waals surface area contributed by atoms with Crippen LogP contribution in [0.4, 0.5) is 0 Å². The molecule has 1 aliphatic rings. The van der Waals surface area contributed by atoms with E-state index in [1.54, 1.807) is 0 Å². The molecule has 0 amide bonds. The molecule has 1 aliphatic carbocycles. The van der Waals surface area contributed by atoms with Gasteiger partial charge in [-0.2, -0.15) is 0 Å². The molecule has 0 radical (unpaired) electrons. The molecule has 0 bridgehead atoms. The van der Waals surface area contributed by atoms with Crippen LogP contribution in [0.5, 0.6) is 11.5 Å². The predicted octanol–water partition coefficient (Wildman–Crippen LogP) is 6.48. The lowest BCUT2D eigenvalue weighted by Crippen LogP contribution is -2.54. The third kappa shape index (κ3) is 3.77. The van der Waals surface area contributed by atoms with Crippen molar-refractivity contribution in [1.29, 1.82) is 0 Å². The molecule has 0 fully saturated rings. The third-order valence-electron chi connectivity index (χ3n) is 6.17. The first-order valence-electron chi connectivity index (χ1n) is 10.9. The highest BCUT2D eigenvalue weighted by Gasteiger charge is 2.35. The van der Waals surface area contributed by atoms with Crippen molar-refractivity contribution in [2.75, 3.05) is 0 Å². The van der Waals surface area contributed by atoms with Crippen LogP contribution in [0.25, 0.3) is 6.08 Å². The second-order valence-electron chi connectivity index (χ2n) is 9.96. The summed E-state index contributed by atoms with van der Waals surface area (Å²) in [6.45, 7) is 14.0. The molecule has 0 N–H and O–H groups in total. The zero-order valence-corrected chi connectivity index (χ0v) is 20.0. The molecular weight excluding hydrogens is 380 g/mol. The van der Waals surface area contributed by atoms with E-state index in [4.69, 9.17) is 4.74 Å². The summed E-state index contributed by atoms with van der Waals surface area (Å²) in [5.41, 5.74) is 5.46. The second kappa shape index (κ2) is 7.59. The number of aryl methyl sites for hydroxylation is 1. The number of rotatable bonds is 4. The molecule has 4 rings (SSSR count). The van der Waals surface area contributed by atoms with Crippen molar-refractivity contribution in [3.63, 3.8) is 0 Å². The highest BCUT2D eigenvalue weighted by molar-refractivity contribution is 7.01. The van der Waals surface area contributed by atoms with E-state index < -0.39 is 8.07 Å². The summed E-state index contributed by atoms with van der Waals surface area (Å²) in [6.07, 6.45) is 5.65. The molecule has 0 aromatic heterocycles. The van der Waals surface area contributed by atoms with Gasteiger partial charge in [0.15, 0.2) is 0 Å². The maximum Gasteiger partial charge on any atom is 0.130 e. The minimum atomic E-state index is -2.03. The summed E-state index contributed by atoms with van der Waals surface area (Å²) in [6, 6.07) is 21.7. The maximum atomic E-state index is 6.67. The Kier molecular flexibility index (Phi) is 5.23. The van der Waals surface area contributed by atoms with Crippen LogP contribution < -0.4 is 15.1 Å². The van der Waals surface area contributed by atoms with Crippen molar-refractivity contribution >= 4 is 24.5 Å². The summed E-state index contributed by atoms with van der Waals surface area (Å²) < 4.78 is 6.67. The fraction of sp³-hybridized carbons (Fsp3) is 0.286. The van der Waals surface area contributed by atoms with Gasteiger partial charge in [0.05, 0.1) is 0 Å². The van der Waals surface area contributed by atoms with Crippen molar-refractivity contribution in [3.05, 3.63) is 89.0 Å². The summed E-state index contributed by atoms with van der Waals surface area (Å²) in [4.78, 5) is 0. The van der Waals surface area contributed by atoms with E-state index in [9.17, 15) is 0 Å². The lowest BCUT2D eigenvalue weighted by molar-refractivity contribution is 0.458. The maximum absolute atomic E-state index is 6.67. The minimum absolute atomic E-state index is 0.00605. The number of para-hydroxylation sites is 1. The summed E-state index contributed by atoms with van der Waals surface area (Å²) >= 11 is 0. The van der Waals surface area contributed by atoms with Gasteiger partial charge < -0.3 is 4.74 Å². The van der Waals surface area contributed by atoms with Crippen LogP contribution in [-0.2, 0) is 11.8 Å². The Balaban J connectivity index is 1.96. The van der Waals surface area contributed by atoms with Crippen molar-refractivity contribution in [3.8, 4) is 11.5 Å². The zero-order chi connectivity index (χ0) is 21.5. The number of benzene rings is 3. The zero-order valence-electron chi connectivity index (χ0n) is 19.0. The molecule has 30 heavy (non-hydrogen) atoms. The van der Waals surface area contributed by atoms with E-state index in [0.29, 0.717) is 0 Å². The van der Waals surface area contributed by atoms with E-state index >= 15 is 0 Å². The first-order valence-corrected chi connectivity index (χ1v) is 13.9. The number of fused-ring (bicyclic) bond motifs is 1. The summed E-state index contributed by atoms with van der Waals surface area (Å²) in [5, 5.41) is 2.88. The Bertz CT molecular complexity index is 1100. The SMILES string of the molecule is Cc1cc(C(C)(C)C)c(Oc2ccccc2)c([Si](C)(C)c2cccc3c2C=CC3)c1. The summed E-state index contributed by atoms with van der Waals surface area (Å²) in [5.74, 6) is 1.95. The van der Waals surface area contributed by atoms with Crippen molar-refractivity contribution < 1.29 is 4.74 Å². The molecule has 0 unspecified atom stereocenters. The van der Waals surface area contributed by atoms with Crippen molar-refractivity contribution in [2.24, 2.45) is 0 Å². The standard InChI is InChI=1S/C28H32OSi/c1-20-18-24(28(2,3)4)27(29-22-14-8-7-9-15-22)26(19-20)30(5,6)25-17-11-13-21-12-10-16-23(21)25/h7-11,13-19H,12H2,1-6H3. The van der Waals surface area contributed by atoms with Gasteiger partial charge in [0.2, 0.25) is 0 Å². The quantitative estimate of drug-likeness (QED) is 0.446. The molecule has 1 nitrogen and oxygen atoms in total. The largest absolute Gasteiger partial charge is 0.457 e. The van der Waals surface area contributed by atoms with Crippen LogP contribution in [0.2, 0.25) is 13.1 Å². The van der Waals surface area contributed by atoms with Crippen LogP contribution in [0.3, 0.4) is 0 Å². The Labute approximate surface area is 182 Å². The lowest BCUT2D eigenvalue weighted by Gasteiger charge is -2.32. The van der Waals surface area contributed by atoms with Crippen LogP contribution in [0, 0.1) is 6.92 Å². The molecule has 0 atom stereocenters. The lowest BCUT2D eigenvalue weighted by atomic mass is 9.85. The second-order valence-corrected chi connectivity index (χ2v) is 14.3. The van der Waals surface area contributed by atoms with Gasteiger partial charge in [0, 0.05) is 5.56 Å². The number of allylic oxidation sites excluding steroid dienone is 1. The monoisotopic (exact) mass is 412 g/mol. The molecule has 3 aromatic rings. The van der Waals surface area contributed by atoms with Gasteiger partial charge in [-0.05, 0) is 52.4 Å². The van der Waals surface area contributed by atoms with Crippen molar-refractivity contribution in [2.45, 2.75) is 52.6 Å². The first-order chi connectivity index (χ1) is 14.2. The smallest absolute Gasteiger partial charge is 0.130 e. The van der Waals surface area contributed by atoms with Gasteiger partial charge in [0.1, 0.15) is 19.6 Å². The van der Waals surface area contributed by atoms with E-state index in [1.165, 1.54) is 32.6 Å². The molecule has 2 heteroatoms. The van der Waals surface area contributed by atoms with Gasteiger partial charge in [-0.25, -0.2) is 0 Å². The van der Waals surface area contributed by atoms with E-state index in [-0.39, 0.29) is 5.41 Å². The average Bonchev–Trinajstić information content (AvgIpc) is 3.17. The molecule has 0 saturated heterocycles. The minimum Gasteiger partial charge on any atom is -0.457 e. The molecule has 0 spiro atoms. The fourth-order valence-electron chi connectivity index (χ4n) is 4.49. The molecular formula is C28H32OSi. The Morgan fingerprint density at radius 2 is 1.60 bits per heavy atom. The molecule has 154 valence electrons. The van der Waals surface area contributed by atoms with Crippen LogP contribution in [0.1, 0.15) is 43.0 Å². The number of hydrogen-bond donors (Lipinski definition) is 0. The normalized spacial score (nSPS) is 13.4. The van der Waals surface area contributed by atoms with Gasteiger partial charge >= 0.3 is 0 Å². The Morgan fingerprint density at radius 1 is 0.867 bits per heavy atom. The molecule has 3 aromatic carbocycles. The van der Waals surface area contributed by atoms with Crippen LogP contribution in [0.15, 0.2) is 66.7 Å². The Hall–Kier alpha value is -2.58. The van der Waals surface area contributed by atoms with Crippen molar-refractivity contribution in [1.82, 2.24) is 0 Å². The van der Waals surface area contributed by atoms with Gasteiger partial charge in [-0.15, -0.1) is 0 Å². The van der Waals surface area contributed by atoms with E-state index in [1.807, 2.05) is 30.3 Å². The van der Waals surface area contributed by atoms with Crippen LogP contribution >= 0.6 is 0 Å².